The highest BCUT2D eigenvalue weighted by Crippen LogP contribution is 2.36. The van der Waals surface area contributed by atoms with Crippen LogP contribution in [0.4, 0.5) is 0 Å². The third kappa shape index (κ3) is 3.89. The summed E-state index contributed by atoms with van der Waals surface area (Å²) in [4.78, 5) is 0. The molecule has 0 amide bonds. The van der Waals surface area contributed by atoms with E-state index in [-0.39, 0.29) is 6.29 Å². The van der Waals surface area contributed by atoms with Gasteiger partial charge in [0.1, 0.15) is 0 Å². The van der Waals surface area contributed by atoms with Gasteiger partial charge in [-0.3, -0.25) is 0 Å². The minimum absolute atomic E-state index is 0.116. The summed E-state index contributed by atoms with van der Waals surface area (Å²) in [6.45, 7) is 2.43. The zero-order valence-corrected chi connectivity index (χ0v) is 14.3. The van der Waals surface area contributed by atoms with Gasteiger partial charge in [-0.1, -0.05) is 22.0 Å². The van der Waals surface area contributed by atoms with E-state index in [1.165, 1.54) is 0 Å². The normalized spacial score (nSPS) is 25.1. The second-order valence-electron chi connectivity index (χ2n) is 6.05. The van der Waals surface area contributed by atoms with Crippen LogP contribution in [0.1, 0.15) is 43.2 Å². The quantitative estimate of drug-likeness (QED) is 0.880. The van der Waals surface area contributed by atoms with E-state index in [9.17, 15) is 5.11 Å². The molecule has 2 heterocycles. The molecule has 2 fully saturated rings. The first-order valence-electron chi connectivity index (χ1n) is 8.00. The molecule has 2 aliphatic rings. The van der Waals surface area contributed by atoms with Gasteiger partial charge in [0, 0.05) is 37.1 Å². The van der Waals surface area contributed by atoms with Crippen molar-refractivity contribution < 1.29 is 19.3 Å². The van der Waals surface area contributed by atoms with Gasteiger partial charge in [0.25, 0.3) is 0 Å². The Hall–Kier alpha value is -0.460. The van der Waals surface area contributed by atoms with Crippen LogP contribution in [0, 0.1) is 0 Å². The summed E-state index contributed by atoms with van der Waals surface area (Å²) < 4.78 is 17.9. The van der Waals surface area contributed by atoms with Crippen LogP contribution < -0.4 is 0 Å². The lowest BCUT2D eigenvalue weighted by Gasteiger charge is -2.34. The zero-order valence-electron chi connectivity index (χ0n) is 12.7. The van der Waals surface area contributed by atoms with E-state index in [2.05, 4.69) is 15.9 Å². The lowest BCUT2D eigenvalue weighted by Crippen LogP contribution is -2.34. The Morgan fingerprint density at radius 1 is 1.23 bits per heavy atom. The number of hydrogen-bond donors (Lipinski definition) is 1. The topological polar surface area (TPSA) is 47.9 Å². The van der Waals surface area contributed by atoms with E-state index in [4.69, 9.17) is 14.2 Å². The monoisotopic (exact) mass is 370 g/mol. The third-order valence-corrected chi connectivity index (χ3v) is 4.95. The first-order valence-corrected chi connectivity index (χ1v) is 8.79. The van der Waals surface area contributed by atoms with Crippen molar-refractivity contribution in [1.29, 1.82) is 0 Å². The molecule has 0 aliphatic carbocycles. The van der Waals surface area contributed by atoms with Gasteiger partial charge in [0.05, 0.1) is 12.2 Å². The SMILES string of the molecule is OC1(c2cc(Br)ccc2COC2CCCCO2)CCOCC1. The molecule has 122 valence electrons. The summed E-state index contributed by atoms with van der Waals surface area (Å²) in [6.07, 6.45) is 4.34. The largest absolute Gasteiger partial charge is 0.385 e. The summed E-state index contributed by atoms with van der Waals surface area (Å²) in [7, 11) is 0. The fourth-order valence-corrected chi connectivity index (χ4v) is 3.47. The number of hydrogen-bond acceptors (Lipinski definition) is 4. The fourth-order valence-electron chi connectivity index (χ4n) is 3.11. The summed E-state index contributed by atoms with van der Waals surface area (Å²) >= 11 is 3.51. The van der Waals surface area contributed by atoms with Crippen LogP contribution in [0.3, 0.4) is 0 Å². The van der Waals surface area contributed by atoms with Crippen LogP contribution in [0.2, 0.25) is 0 Å². The molecule has 0 aromatic heterocycles. The molecule has 1 N–H and O–H groups in total. The third-order valence-electron chi connectivity index (χ3n) is 4.46. The maximum absolute atomic E-state index is 11.0. The number of ether oxygens (including phenoxy) is 3. The van der Waals surface area contributed by atoms with Crippen LogP contribution in [0.25, 0.3) is 0 Å². The summed E-state index contributed by atoms with van der Waals surface area (Å²) in [6, 6.07) is 6.02. The van der Waals surface area contributed by atoms with Crippen molar-refractivity contribution in [2.45, 2.75) is 50.6 Å². The molecule has 22 heavy (non-hydrogen) atoms. The van der Waals surface area contributed by atoms with Crippen LogP contribution in [-0.2, 0) is 26.4 Å². The van der Waals surface area contributed by atoms with Crippen molar-refractivity contribution in [1.82, 2.24) is 0 Å². The molecular formula is C17H23BrO4. The van der Waals surface area contributed by atoms with Gasteiger partial charge in [0.2, 0.25) is 0 Å². The lowest BCUT2D eigenvalue weighted by atomic mass is 9.84. The predicted octanol–water partition coefficient (Wildman–Crippen LogP) is 3.49. The molecule has 0 spiro atoms. The van der Waals surface area contributed by atoms with E-state index >= 15 is 0 Å². The van der Waals surface area contributed by atoms with Gasteiger partial charge in [-0.25, -0.2) is 0 Å². The average Bonchev–Trinajstić information content (AvgIpc) is 2.55. The highest BCUT2D eigenvalue weighted by molar-refractivity contribution is 9.10. The first kappa shape index (κ1) is 16.4. The summed E-state index contributed by atoms with van der Waals surface area (Å²) in [5, 5.41) is 11.0. The van der Waals surface area contributed by atoms with Crippen molar-refractivity contribution in [3.05, 3.63) is 33.8 Å². The minimum atomic E-state index is -0.825. The molecule has 2 saturated heterocycles. The fraction of sp³-hybridized carbons (Fsp3) is 0.647. The Balaban J connectivity index is 1.75. The highest BCUT2D eigenvalue weighted by Gasteiger charge is 2.34. The summed E-state index contributed by atoms with van der Waals surface area (Å²) in [5.74, 6) is 0. The van der Waals surface area contributed by atoms with Crippen molar-refractivity contribution in [3.8, 4) is 0 Å². The van der Waals surface area contributed by atoms with E-state index in [0.717, 1.165) is 41.5 Å². The van der Waals surface area contributed by atoms with Crippen LogP contribution >= 0.6 is 15.9 Å². The van der Waals surface area contributed by atoms with Crippen molar-refractivity contribution in [2.75, 3.05) is 19.8 Å². The number of rotatable bonds is 4. The molecule has 0 radical (unpaired) electrons. The molecule has 5 heteroatoms. The predicted molar refractivity (Wildman–Crippen MR) is 86.5 cm³/mol. The molecule has 1 aromatic rings. The molecule has 3 rings (SSSR count). The summed E-state index contributed by atoms with van der Waals surface area (Å²) in [5.41, 5.74) is 1.15. The van der Waals surface area contributed by atoms with Crippen LogP contribution in [0.5, 0.6) is 0 Å². The molecule has 2 aliphatic heterocycles. The molecule has 4 nitrogen and oxygen atoms in total. The van der Waals surface area contributed by atoms with Crippen molar-refractivity contribution >= 4 is 15.9 Å². The Morgan fingerprint density at radius 2 is 2.05 bits per heavy atom. The molecule has 1 atom stereocenters. The lowest BCUT2D eigenvalue weighted by molar-refractivity contribution is -0.169. The van der Waals surface area contributed by atoms with E-state index in [1.54, 1.807) is 0 Å². The zero-order chi connectivity index (χ0) is 15.4. The van der Waals surface area contributed by atoms with Crippen LogP contribution in [-0.4, -0.2) is 31.2 Å². The van der Waals surface area contributed by atoms with Crippen LogP contribution in [0.15, 0.2) is 22.7 Å². The molecule has 1 unspecified atom stereocenters. The second kappa shape index (κ2) is 7.41. The molecular weight excluding hydrogens is 348 g/mol. The maximum Gasteiger partial charge on any atom is 0.158 e. The van der Waals surface area contributed by atoms with Gasteiger partial charge >= 0.3 is 0 Å². The minimum Gasteiger partial charge on any atom is -0.385 e. The van der Waals surface area contributed by atoms with E-state index < -0.39 is 5.60 Å². The first-order chi connectivity index (χ1) is 10.7. The smallest absolute Gasteiger partial charge is 0.158 e. The average molecular weight is 371 g/mol. The van der Waals surface area contributed by atoms with Crippen molar-refractivity contribution in [2.24, 2.45) is 0 Å². The Labute approximate surface area is 139 Å². The highest BCUT2D eigenvalue weighted by atomic mass is 79.9. The van der Waals surface area contributed by atoms with Gasteiger partial charge < -0.3 is 19.3 Å². The Bertz CT molecular complexity index is 493. The van der Waals surface area contributed by atoms with Crippen molar-refractivity contribution in [3.63, 3.8) is 0 Å². The number of aliphatic hydroxyl groups is 1. The maximum atomic E-state index is 11.0. The Morgan fingerprint density at radius 3 is 2.77 bits per heavy atom. The van der Waals surface area contributed by atoms with Gasteiger partial charge in [0.15, 0.2) is 6.29 Å². The second-order valence-corrected chi connectivity index (χ2v) is 6.97. The standard InChI is InChI=1S/C17H23BrO4/c18-14-5-4-13(12-22-16-3-1-2-8-21-16)15(11-14)17(19)6-9-20-10-7-17/h4-5,11,16,19H,1-3,6-10,12H2. The molecule has 1 aromatic carbocycles. The molecule has 0 saturated carbocycles. The number of benzene rings is 1. The van der Waals surface area contributed by atoms with E-state index in [1.807, 2.05) is 18.2 Å². The molecule has 0 bridgehead atoms. The Kier molecular flexibility index (Phi) is 5.52. The van der Waals surface area contributed by atoms with Gasteiger partial charge in [-0.2, -0.15) is 0 Å². The van der Waals surface area contributed by atoms with E-state index in [0.29, 0.717) is 32.7 Å². The number of halogens is 1. The van der Waals surface area contributed by atoms with Gasteiger partial charge in [-0.15, -0.1) is 0 Å². The van der Waals surface area contributed by atoms with Gasteiger partial charge in [-0.05, 0) is 42.5 Å².